The van der Waals surface area contributed by atoms with E-state index in [1.54, 1.807) is 12.0 Å². The molecule has 18 heavy (non-hydrogen) atoms. The number of halogens is 1. The first-order valence-corrected chi connectivity index (χ1v) is 6.05. The molecule has 1 aliphatic heterocycles. The van der Waals surface area contributed by atoms with Crippen molar-refractivity contribution in [3.05, 3.63) is 28.8 Å². The van der Waals surface area contributed by atoms with Crippen LogP contribution in [-0.2, 0) is 4.84 Å². The highest BCUT2D eigenvalue weighted by Gasteiger charge is 2.19. The number of rotatable bonds is 4. The molecule has 2 rings (SSSR count). The van der Waals surface area contributed by atoms with Gasteiger partial charge in [-0.05, 0) is 43.6 Å². The van der Waals surface area contributed by atoms with E-state index in [9.17, 15) is 0 Å². The largest absolute Gasteiger partial charge is 0.370 e. The average Bonchev–Trinajstić information content (AvgIpc) is 2.78. The number of anilines is 1. The third-order valence-electron chi connectivity index (χ3n) is 2.64. The third kappa shape index (κ3) is 2.80. The first kappa shape index (κ1) is 12.9. The van der Waals surface area contributed by atoms with E-state index in [1.807, 2.05) is 25.1 Å². The number of benzene rings is 1. The molecule has 0 unspecified atom stereocenters. The molecule has 0 saturated carbocycles. The van der Waals surface area contributed by atoms with Crippen molar-refractivity contribution in [1.29, 1.82) is 5.41 Å². The molecule has 0 saturated heterocycles. The molecule has 6 heteroatoms. The molecule has 0 aliphatic carbocycles. The van der Waals surface area contributed by atoms with Gasteiger partial charge in [-0.2, -0.15) is 5.12 Å². The second-order valence-electron chi connectivity index (χ2n) is 4.16. The van der Waals surface area contributed by atoms with Crippen molar-refractivity contribution in [3.8, 4) is 0 Å². The van der Waals surface area contributed by atoms with Gasteiger partial charge in [0.15, 0.2) is 0 Å². The molecule has 5 nitrogen and oxygen atoms in total. The van der Waals surface area contributed by atoms with Gasteiger partial charge in [-0.1, -0.05) is 17.7 Å². The number of hydrazine groups is 1. The molecule has 0 bridgehead atoms. The van der Waals surface area contributed by atoms with Crippen LogP contribution in [-0.4, -0.2) is 11.6 Å². The second kappa shape index (κ2) is 5.37. The second-order valence-corrected chi connectivity index (χ2v) is 4.57. The highest BCUT2D eigenvalue weighted by atomic mass is 35.5. The Hall–Kier alpha value is -1.59. The molecule has 0 fully saturated rings. The number of hydrogen-bond acceptors (Lipinski definition) is 5. The fourth-order valence-corrected chi connectivity index (χ4v) is 1.74. The minimum atomic E-state index is 0.570. The van der Waals surface area contributed by atoms with Crippen LogP contribution < -0.4 is 10.7 Å². The lowest BCUT2D eigenvalue weighted by Gasteiger charge is -2.14. The lowest BCUT2D eigenvalue weighted by Crippen LogP contribution is -2.27. The summed E-state index contributed by atoms with van der Waals surface area (Å²) in [6.07, 6.45) is 1.25. The van der Waals surface area contributed by atoms with Crippen LogP contribution in [0.3, 0.4) is 0 Å². The van der Waals surface area contributed by atoms with E-state index in [0.717, 1.165) is 11.3 Å². The quantitative estimate of drug-likeness (QED) is 0.824. The summed E-state index contributed by atoms with van der Waals surface area (Å²) in [6.45, 7) is 3.69. The molecule has 1 aromatic carbocycles. The summed E-state index contributed by atoms with van der Waals surface area (Å²) in [5, 5.41) is 13.9. The standard InChI is InChI=1S/C12H15ClN4O/c1-8(14)6-7-12-15-17(16-18-12)11-5-3-4-10(13)9(11)2/h3-5,14,16H,6-7H2,1-2H3. The van der Waals surface area contributed by atoms with Crippen LogP contribution in [0.1, 0.15) is 25.3 Å². The minimum absolute atomic E-state index is 0.570. The zero-order valence-electron chi connectivity index (χ0n) is 10.3. The fraction of sp³-hybridized carbons (Fsp3) is 0.333. The van der Waals surface area contributed by atoms with Gasteiger partial charge in [0.1, 0.15) is 0 Å². The summed E-state index contributed by atoms with van der Waals surface area (Å²) in [5.74, 6) is 0.570. The van der Waals surface area contributed by atoms with E-state index in [1.165, 1.54) is 0 Å². The van der Waals surface area contributed by atoms with Crippen LogP contribution in [0, 0.1) is 12.3 Å². The summed E-state index contributed by atoms with van der Waals surface area (Å²) in [7, 11) is 0. The monoisotopic (exact) mass is 266 g/mol. The van der Waals surface area contributed by atoms with Gasteiger partial charge < -0.3 is 10.2 Å². The van der Waals surface area contributed by atoms with E-state index >= 15 is 0 Å². The number of hydrazone groups is 1. The van der Waals surface area contributed by atoms with E-state index in [4.69, 9.17) is 21.8 Å². The SMILES string of the molecule is CC(=N)CCC1=NN(c2cccc(Cl)c2C)NO1. The van der Waals surface area contributed by atoms with Gasteiger partial charge in [0.05, 0.1) is 5.69 Å². The normalized spacial score (nSPS) is 14.4. The van der Waals surface area contributed by atoms with Gasteiger partial charge >= 0.3 is 0 Å². The molecule has 96 valence electrons. The van der Waals surface area contributed by atoms with Gasteiger partial charge in [0.2, 0.25) is 5.90 Å². The molecule has 1 aromatic rings. The number of hydrogen-bond donors (Lipinski definition) is 2. The lowest BCUT2D eigenvalue weighted by atomic mass is 10.2. The van der Waals surface area contributed by atoms with Crippen molar-refractivity contribution in [1.82, 2.24) is 5.59 Å². The van der Waals surface area contributed by atoms with E-state index in [-0.39, 0.29) is 0 Å². The molecular weight excluding hydrogens is 252 g/mol. The Morgan fingerprint density at radius 2 is 2.33 bits per heavy atom. The maximum atomic E-state index is 7.37. The predicted octanol–water partition coefficient (Wildman–Crippen LogP) is 3.04. The van der Waals surface area contributed by atoms with E-state index in [0.29, 0.717) is 29.5 Å². The van der Waals surface area contributed by atoms with Crippen molar-refractivity contribution in [3.63, 3.8) is 0 Å². The summed E-state index contributed by atoms with van der Waals surface area (Å²) in [4.78, 5) is 5.25. The Kier molecular flexibility index (Phi) is 3.84. The molecule has 2 N–H and O–H groups in total. The van der Waals surface area contributed by atoms with Crippen LogP contribution in [0.15, 0.2) is 23.3 Å². The Balaban J connectivity index is 2.11. The maximum Gasteiger partial charge on any atom is 0.235 e. The molecule has 1 aliphatic rings. The highest BCUT2D eigenvalue weighted by molar-refractivity contribution is 6.31. The lowest BCUT2D eigenvalue weighted by molar-refractivity contribution is 0.197. The summed E-state index contributed by atoms with van der Waals surface area (Å²) < 4.78 is 0. The topological polar surface area (TPSA) is 60.7 Å². The van der Waals surface area contributed by atoms with E-state index in [2.05, 4.69) is 10.7 Å². The molecule has 1 heterocycles. The van der Waals surface area contributed by atoms with Crippen molar-refractivity contribution in [2.45, 2.75) is 26.7 Å². The van der Waals surface area contributed by atoms with Crippen LogP contribution in [0.25, 0.3) is 0 Å². The van der Waals surface area contributed by atoms with Crippen LogP contribution in [0.2, 0.25) is 5.02 Å². The first-order valence-electron chi connectivity index (χ1n) is 5.67. The van der Waals surface area contributed by atoms with Crippen molar-refractivity contribution in [2.75, 3.05) is 5.12 Å². The van der Waals surface area contributed by atoms with Gasteiger partial charge in [0.25, 0.3) is 0 Å². The Bertz CT molecular complexity index is 501. The fourth-order valence-electron chi connectivity index (χ4n) is 1.57. The number of nitrogens with one attached hydrogen (secondary N) is 2. The maximum absolute atomic E-state index is 7.37. The average molecular weight is 267 g/mol. The Labute approximate surface area is 111 Å². The zero-order chi connectivity index (χ0) is 13.1. The Morgan fingerprint density at radius 3 is 3.06 bits per heavy atom. The first-order chi connectivity index (χ1) is 8.58. The van der Waals surface area contributed by atoms with Gasteiger partial charge in [-0.3, -0.25) is 0 Å². The molecule has 0 amide bonds. The molecule has 0 atom stereocenters. The molecule has 0 aromatic heterocycles. The van der Waals surface area contributed by atoms with Crippen molar-refractivity contribution >= 4 is 28.9 Å². The molecular formula is C12H15ClN4O. The smallest absolute Gasteiger partial charge is 0.235 e. The predicted molar refractivity (Wildman–Crippen MR) is 73.0 cm³/mol. The number of nitrogens with zero attached hydrogens (tertiary/aromatic N) is 2. The van der Waals surface area contributed by atoms with Crippen LogP contribution in [0.4, 0.5) is 5.69 Å². The summed E-state index contributed by atoms with van der Waals surface area (Å²) in [5.41, 5.74) is 5.11. The zero-order valence-corrected chi connectivity index (χ0v) is 11.1. The van der Waals surface area contributed by atoms with Crippen LogP contribution in [0.5, 0.6) is 0 Å². The highest BCUT2D eigenvalue weighted by Crippen LogP contribution is 2.27. The summed E-state index contributed by atoms with van der Waals surface area (Å²) >= 11 is 6.06. The molecule has 0 radical (unpaired) electrons. The molecule has 0 spiro atoms. The van der Waals surface area contributed by atoms with Crippen LogP contribution >= 0.6 is 11.6 Å². The van der Waals surface area contributed by atoms with Gasteiger partial charge in [-0.25, -0.2) is 0 Å². The minimum Gasteiger partial charge on any atom is -0.370 e. The van der Waals surface area contributed by atoms with Crippen molar-refractivity contribution < 1.29 is 4.84 Å². The Morgan fingerprint density at radius 1 is 1.56 bits per heavy atom. The third-order valence-corrected chi connectivity index (χ3v) is 3.05. The van der Waals surface area contributed by atoms with Gasteiger partial charge in [0, 0.05) is 17.2 Å². The van der Waals surface area contributed by atoms with Gasteiger partial charge in [-0.15, -0.1) is 5.10 Å². The van der Waals surface area contributed by atoms with E-state index < -0.39 is 0 Å². The van der Waals surface area contributed by atoms with Crippen molar-refractivity contribution in [2.24, 2.45) is 5.10 Å². The summed E-state index contributed by atoms with van der Waals surface area (Å²) in [6, 6.07) is 5.60.